The van der Waals surface area contributed by atoms with E-state index in [1.54, 1.807) is 6.20 Å². The van der Waals surface area contributed by atoms with E-state index < -0.39 is 0 Å². The zero-order valence-corrected chi connectivity index (χ0v) is 11.6. The summed E-state index contributed by atoms with van der Waals surface area (Å²) >= 11 is 11.9. The average molecular weight is 285 g/mol. The maximum absolute atomic E-state index is 6.05. The first-order valence-electron chi connectivity index (χ1n) is 5.64. The Labute approximate surface area is 116 Å². The van der Waals surface area contributed by atoms with Crippen molar-refractivity contribution in [3.05, 3.63) is 47.0 Å². The quantitative estimate of drug-likeness (QED) is 0.787. The van der Waals surface area contributed by atoms with Gasteiger partial charge in [0.1, 0.15) is 11.6 Å². The van der Waals surface area contributed by atoms with Crippen LogP contribution in [0.25, 0.3) is 0 Å². The molecule has 0 atom stereocenters. The summed E-state index contributed by atoms with van der Waals surface area (Å²) in [6, 6.07) is 5.54. The van der Waals surface area contributed by atoms with E-state index in [4.69, 9.17) is 27.9 Å². The number of nitrogens with zero attached hydrogens (tertiary/aromatic N) is 2. The van der Waals surface area contributed by atoms with Gasteiger partial charge in [0.15, 0.2) is 0 Å². The minimum Gasteiger partial charge on any atom is -0.493 e. The van der Waals surface area contributed by atoms with Crippen molar-refractivity contribution in [1.29, 1.82) is 0 Å². The number of rotatable bonds is 5. The summed E-state index contributed by atoms with van der Waals surface area (Å²) in [5, 5.41) is 0.638. The van der Waals surface area contributed by atoms with Crippen molar-refractivity contribution in [1.82, 2.24) is 9.55 Å². The van der Waals surface area contributed by atoms with Crippen molar-refractivity contribution in [3.63, 3.8) is 0 Å². The Morgan fingerprint density at radius 1 is 1.39 bits per heavy atom. The van der Waals surface area contributed by atoms with E-state index in [0.717, 1.165) is 23.6 Å². The van der Waals surface area contributed by atoms with Crippen molar-refractivity contribution >= 4 is 23.2 Å². The first-order chi connectivity index (χ1) is 8.72. The minimum atomic E-state index is 0.345. The Hall–Kier alpha value is -1.19. The van der Waals surface area contributed by atoms with Crippen LogP contribution in [0.2, 0.25) is 5.02 Å². The second-order valence-corrected chi connectivity index (χ2v) is 4.58. The molecule has 0 bridgehead atoms. The highest BCUT2D eigenvalue weighted by atomic mass is 35.5. The Morgan fingerprint density at radius 2 is 2.22 bits per heavy atom. The molecule has 0 saturated heterocycles. The molecule has 3 nitrogen and oxygen atoms in total. The molecule has 0 unspecified atom stereocenters. The Bertz CT molecular complexity index is 525. The molecule has 1 heterocycles. The van der Waals surface area contributed by atoms with Gasteiger partial charge in [0.05, 0.1) is 12.5 Å². The van der Waals surface area contributed by atoms with Gasteiger partial charge in [0.2, 0.25) is 0 Å². The second kappa shape index (κ2) is 6.12. The summed E-state index contributed by atoms with van der Waals surface area (Å²) in [4.78, 5) is 4.24. The molecular weight excluding hydrogens is 271 g/mol. The van der Waals surface area contributed by atoms with Crippen LogP contribution in [0.3, 0.4) is 0 Å². The van der Waals surface area contributed by atoms with Gasteiger partial charge >= 0.3 is 0 Å². The van der Waals surface area contributed by atoms with Crippen molar-refractivity contribution in [3.8, 4) is 5.75 Å². The number of hydrogen-bond donors (Lipinski definition) is 0. The molecule has 2 rings (SSSR count). The van der Waals surface area contributed by atoms with Crippen molar-refractivity contribution in [2.75, 3.05) is 6.61 Å². The molecule has 0 fully saturated rings. The smallest absolute Gasteiger partial charge is 0.125 e. The summed E-state index contributed by atoms with van der Waals surface area (Å²) < 4.78 is 7.69. The van der Waals surface area contributed by atoms with E-state index in [9.17, 15) is 0 Å². The van der Waals surface area contributed by atoms with Gasteiger partial charge in [-0.1, -0.05) is 17.7 Å². The topological polar surface area (TPSA) is 27.1 Å². The van der Waals surface area contributed by atoms with E-state index in [-0.39, 0.29) is 0 Å². The van der Waals surface area contributed by atoms with Crippen LogP contribution in [0.5, 0.6) is 5.75 Å². The lowest BCUT2D eigenvalue weighted by Crippen LogP contribution is -2.07. The van der Waals surface area contributed by atoms with Crippen LogP contribution in [0.4, 0.5) is 0 Å². The monoisotopic (exact) mass is 284 g/mol. The Balaban J connectivity index is 1.98. The third kappa shape index (κ3) is 2.98. The van der Waals surface area contributed by atoms with E-state index in [1.807, 2.05) is 36.0 Å². The molecule has 1 aromatic heterocycles. The van der Waals surface area contributed by atoms with Gasteiger partial charge in [0.25, 0.3) is 0 Å². The molecule has 1 aromatic carbocycles. The molecule has 0 aliphatic heterocycles. The number of alkyl halides is 1. The third-order valence-electron chi connectivity index (χ3n) is 2.71. The van der Waals surface area contributed by atoms with Gasteiger partial charge in [-0.15, -0.1) is 11.6 Å². The van der Waals surface area contributed by atoms with Crippen LogP contribution in [0, 0.1) is 0 Å². The average Bonchev–Trinajstić information content (AvgIpc) is 2.75. The Kier molecular flexibility index (Phi) is 4.50. The van der Waals surface area contributed by atoms with Gasteiger partial charge < -0.3 is 9.30 Å². The first kappa shape index (κ1) is 13.2. The van der Waals surface area contributed by atoms with Crippen LogP contribution in [-0.2, 0) is 19.3 Å². The maximum atomic E-state index is 6.05. The SMILES string of the molecule is Cn1ccnc1CCOc1cccc(Cl)c1CCl. The summed E-state index contributed by atoms with van der Waals surface area (Å²) in [7, 11) is 1.96. The number of ether oxygens (including phenoxy) is 1. The number of aromatic nitrogens is 2. The first-order valence-corrected chi connectivity index (χ1v) is 6.56. The van der Waals surface area contributed by atoms with E-state index in [1.165, 1.54) is 0 Å². The fourth-order valence-corrected chi connectivity index (χ4v) is 2.27. The number of hydrogen-bond acceptors (Lipinski definition) is 2. The number of halogens is 2. The van der Waals surface area contributed by atoms with Crippen LogP contribution >= 0.6 is 23.2 Å². The van der Waals surface area contributed by atoms with Crippen LogP contribution < -0.4 is 4.74 Å². The second-order valence-electron chi connectivity index (χ2n) is 3.90. The van der Waals surface area contributed by atoms with E-state index in [2.05, 4.69) is 4.98 Å². The summed E-state index contributed by atoms with van der Waals surface area (Å²) in [6.45, 7) is 0.551. The lowest BCUT2D eigenvalue weighted by Gasteiger charge is -2.11. The fraction of sp³-hybridized carbons (Fsp3) is 0.308. The highest BCUT2D eigenvalue weighted by Gasteiger charge is 2.07. The summed E-state index contributed by atoms with van der Waals surface area (Å²) in [6.07, 6.45) is 4.44. The van der Waals surface area contributed by atoms with Crippen molar-refractivity contribution in [2.24, 2.45) is 7.05 Å². The molecule has 0 amide bonds. The molecule has 0 spiro atoms. The van der Waals surface area contributed by atoms with Gasteiger partial charge in [0, 0.05) is 36.4 Å². The molecule has 0 radical (unpaired) electrons. The standard InChI is InChI=1S/C13H14Cl2N2O/c1-17-7-6-16-13(17)5-8-18-12-4-2-3-11(15)10(12)9-14/h2-4,6-7H,5,8-9H2,1H3. The zero-order chi connectivity index (χ0) is 13.0. The normalized spacial score (nSPS) is 10.6. The lowest BCUT2D eigenvalue weighted by molar-refractivity contribution is 0.315. The third-order valence-corrected chi connectivity index (χ3v) is 3.34. The molecule has 2 aromatic rings. The Morgan fingerprint density at radius 3 is 2.89 bits per heavy atom. The molecule has 0 N–H and O–H groups in total. The van der Waals surface area contributed by atoms with Crippen molar-refractivity contribution in [2.45, 2.75) is 12.3 Å². The minimum absolute atomic E-state index is 0.345. The van der Waals surface area contributed by atoms with Crippen LogP contribution in [0.15, 0.2) is 30.6 Å². The molecule has 0 aliphatic rings. The largest absolute Gasteiger partial charge is 0.493 e. The van der Waals surface area contributed by atoms with Gasteiger partial charge in [-0.3, -0.25) is 0 Å². The van der Waals surface area contributed by atoms with E-state index >= 15 is 0 Å². The molecule has 0 saturated carbocycles. The summed E-state index contributed by atoms with van der Waals surface area (Å²) in [5.74, 6) is 2.08. The highest BCUT2D eigenvalue weighted by Crippen LogP contribution is 2.27. The van der Waals surface area contributed by atoms with Gasteiger partial charge in [-0.05, 0) is 12.1 Å². The summed E-state index contributed by atoms with van der Waals surface area (Å²) in [5.41, 5.74) is 0.834. The lowest BCUT2D eigenvalue weighted by atomic mass is 10.2. The van der Waals surface area contributed by atoms with Gasteiger partial charge in [-0.25, -0.2) is 4.98 Å². The molecule has 0 aliphatic carbocycles. The van der Waals surface area contributed by atoms with E-state index in [0.29, 0.717) is 17.5 Å². The predicted octanol–water partition coefficient (Wildman–Crippen LogP) is 3.43. The van der Waals surface area contributed by atoms with Crippen molar-refractivity contribution < 1.29 is 4.74 Å². The molecular formula is C13H14Cl2N2O. The predicted molar refractivity (Wildman–Crippen MR) is 73.4 cm³/mol. The molecule has 96 valence electrons. The zero-order valence-electron chi connectivity index (χ0n) is 10.1. The van der Waals surface area contributed by atoms with Crippen LogP contribution in [0.1, 0.15) is 11.4 Å². The van der Waals surface area contributed by atoms with Crippen LogP contribution in [-0.4, -0.2) is 16.2 Å². The fourth-order valence-electron chi connectivity index (χ4n) is 1.69. The highest BCUT2D eigenvalue weighted by molar-refractivity contribution is 6.32. The number of aryl methyl sites for hydroxylation is 1. The number of imidazole rings is 1. The maximum Gasteiger partial charge on any atom is 0.125 e. The molecule has 18 heavy (non-hydrogen) atoms. The number of benzene rings is 1. The molecule has 5 heteroatoms. The van der Waals surface area contributed by atoms with Gasteiger partial charge in [-0.2, -0.15) is 0 Å².